The zero-order chi connectivity index (χ0) is 21.4. The number of carbonyl (C=O) groups excluding carboxylic acids is 1. The number of benzene rings is 1. The lowest BCUT2D eigenvalue weighted by Crippen LogP contribution is -2.44. The third-order valence-corrected chi connectivity index (χ3v) is 8.13. The zero-order valence-corrected chi connectivity index (χ0v) is 19.0. The van der Waals surface area contributed by atoms with Crippen LogP contribution in [-0.2, 0) is 21.2 Å². The molecule has 2 aliphatic rings. The molecule has 1 unspecified atom stereocenters. The van der Waals surface area contributed by atoms with Gasteiger partial charge in [0, 0.05) is 32.1 Å². The van der Waals surface area contributed by atoms with Gasteiger partial charge < -0.3 is 9.64 Å². The Morgan fingerprint density at radius 3 is 2.77 bits per heavy atom. The number of sulfonamides is 1. The minimum absolute atomic E-state index is 0.154. The Kier molecular flexibility index (Phi) is 8.57. The van der Waals surface area contributed by atoms with Crippen LogP contribution in [0.1, 0.15) is 63.9 Å². The lowest BCUT2D eigenvalue weighted by Gasteiger charge is -2.36. The quantitative estimate of drug-likeness (QED) is 0.723. The van der Waals surface area contributed by atoms with E-state index in [1.165, 1.54) is 16.3 Å². The Morgan fingerprint density at radius 1 is 1.07 bits per heavy atom. The molecular formula is C23H36N2O4S. The first-order chi connectivity index (χ1) is 14.5. The summed E-state index contributed by atoms with van der Waals surface area (Å²) in [6, 6.07) is 8.34. The molecule has 0 N–H and O–H groups in total. The van der Waals surface area contributed by atoms with Crippen molar-refractivity contribution in [1.29, 1.82) is 0 Å². The van der Waals surface area contributed by atoms with E-state index < -0.39 is 10.0 Å². The van der Waals surface area contributed by atoms with Gasteiger partial charge in [-0.2, -0.15) is 4.31 Å². The number of unbranched alkanes of at least 4 members (excludes halogenated alkanes) is 1. The maximum absolute atomic E-state index is 12.9. The monoisotopic (exact) mass is 436 g/mol. The van der Waals surface area contributed by atoms with E-state index in [2.05, 4.69) is 11.0 Å². The number of rotatable bonds is 4. The van der Waals surface area contributed by atoms with Gasteiger partial charge in [-0.05, 0) is 62.6 Å². The average Bonchev–Trinajstić information content (AvgIpc) is 2.75. The van der Waals surface area contributed by atoms with E-state index in [-0.39, 0.29) is 17.7 Å². The summed E-state index contributed by atoms with van der Waals surface area (Å²) < 4.78 is 33.0. The second kappa shape index (κ2) is 11.1. The van der Waals surface area contributed by atoms with Crippen LogP contribution in [0.4, 0.5) is 0 Å². The molecule has 1 aromatic carbocycles. The molecule has 1 aromatic rings. The second-order valence-corrected chi connectivity index (χ2v) is 10.5. The molecular weight excluding hydrogens is 400 g/mol. The first kappa shape index (κ1) is 23.1. The van der Waals surface area contributed by atoms with Crippen molar-refractivity contribution in [3.63, 3.8) is 0 Å². The summed E-state index contributed by atoms with van der Waals surface area (Å²) in [5, 5.41) is 0. The van der Waals surface area contributed by atoms with E-state index >= 15 is 0 Å². The molecule has 30 heavy (non-hydrogen) atoms. The SMILES string of the molecule is CCCCS(=O)(=O)N1CCCC(=O)N2CCCCC2CCc2cccc(c2)OCC1. The molecule has 0 saturated carbocycles. The molecule has 1 fully saturated rings. The lowest BCUT2D eigenvalue weighted by molar-refractivity contribution is -0.135. The van der Waals surface area contributed by atoms with Gasteiger partial charge >= 0.3 is 0 Å². The summed E-state index contributed by atoms with van der Waals surface area (Å²) >= 11 is 0. The summed E-state index contributed by atoms with van der Waals surface area (Å²) in [6.07, 6.45) is 7.62. The Balaban J connectivity index is 1.77. The Morgan fingerprint density at radius 2 is 1.93 bits per heavy atom. The molecule has 6 nitrogen and oxygen atoms in total. The minimum Gasteiger partial charge on any atom is -0.492 e. The molecule has 0 aliphatic carbocycles. The number of amides is 1. The number of hydrogen-bond acceptors (Lipinski definition) is 4. The third kappa shape index (κ3) is 6.45. The average molecular weight is 437 g/mol. The molecule has 2 aliphatic heterocycles. The van der Waals surface area contributed by atoms with Crippen LogP contribution in [0.5, 0.6) is 5.75 Å². The van der Waals surface area contributed by atoms with E-state index in [0.717, 1.165) is 44.4 Å². The molecule has 0 spiro atoms. The highest BCUT2D eigenvalue weighted by Gasteiger charge is 2.27. The van der Waals surface area contributed by atoms with E-state index in [1.807, 2.05) is 25.1 Å². The topological polar surface area (TPSA) is 66.9 Å². The Hall–Kier alpha value is -1.60. The van der Waals surface area contributed by atoms with Crippen LogP contribution in [0.3, 0.4) is 0 Å². The number of nitrogens with zero attached hydrogens (tertiary/aromatic N) is 2. The molecule has 3 rings (SSSR count). The minimum atomic E-state index is -3.34. The second-order valence-electron chi connectivity index (χ2n) is 8.44. The fourth-order valence-corrected chi connectivity index (χ4v) is 6.09. The summed E-state index contributed by atoms with van der Waals surface area (Å²) in [5.41, 5.74) is 1.20. The van der Waals surface area contributed by atoms with Gasteiger partial charge in [0.25, 0.3) is 0 Å². The van der Waals surface area contributed by atoms with Crippen LogP contribution in [0, 0.1) is 0 Å². The molecule has 1 amide bonds. The van der Waals surface area contributed by atoms with E-state index in [9.17, 15) is 13.2 Å². The molecule has 1 saturated heterocycles. The highest BCUT2D eigenvalue weighted by Crippen LogP contribution is 2.24. The number of hydrogen-bond donors (Lipinski definition) is 0. The standard InChI is InChI=1S/C23H36N2O4S/c1-2-3-18-30(27,28)24-14-7-11-23(26)25-15-5-4-9-21(25)13-12-20-8-6-10-22(19-20)29-17-16-24/h6,8,10,19,21H,2-5,7,9,11-18H2,1H3. The first-order valence-corrected chi connectivity index (χ1v) is 13.1. The van der Waals surface area contributed by atoms with Gasteiger partial charge in [0.15, 0.2) is 0 Å². The smallest absolute Gasteiger partial charge is 0.222 e. The third-order valence-electron chi connectivity index (χ3n) is 6.17. The number of ether oxygens (including phenoxy) is 1. The summed E-state index contributed by atoms with van der Waals surface area (Å²) in [4.78, 5) is 15.0. The number of aryl methyl sites for hydroxylation is 1. The van der Waals surface area contributed by atoms with Crippen molar-refractivity contribution in [2.45, 2.75) is 70.8 Å². The predicted molar refractivity (Wildman–Crippen MR) is 119 cm³/mol. The van der Waals surface area contributed by atoms with Crippen LogP contribution in [0.25, 0.3) is 0 Å². The van der Waals surface area contributed by atoms with Crippen molar-refractivity contribution in [3.8, 4) is 5.75 Å². The van der Waals surface area contributed by atoms with Crippen LogP contribution in [0.2, 0.25) is 0 Å². The maximum Gasteiger partial charge on any atom is 0.222 e. The van der Waals surface area contributed by atoms with Gasteiger partial charge in [-0.3, -0.25) is 4.79 Å². The molecule has 168 valence electrons. The molecule has 0 aromatic heterocycles. The van der Waals surface area contributed by atoms with Gasteiger partial charge in [0.2, 0.25) is 15.9 Å². The number of carbonyl (C=O) groups is 1. The van der Waals surface area contributed by atoms with Crippen LogP contribution >= 0.6 is 0 Å². The number of piperidine rings is 1. The van der Waals surface area contributed by atoms with Gasteiger partial charge in [0.1, 0.15) is 12.4 Å². The maximum atomic E-state index is 12.9. The van der Waals surface area contributed by atoms with E-state index in [0.29, 0.717) is 39.0 Å². The fourth-order valence-electron chi connectivity index (χ4n) is 4.41. The predicted octanol–water partition coefficient (Wildman–Crippen LogP) is 3.60. The molecule has 2 heterocycles. The van der Waals surface area contributed by atoms with Gasteiger partial charge in [-0.15, -0.1) is 0 Å². The van der Waals surface area contributed by atoms with E-state index in [4.69, 9.17) is 4.74 Å². The van der Waals surface area contributed by atoms with Crippen molar-refractivity contribution in [2.24, 2.45) is 0 Å². The number of fused-ring (bicyclic) bond motifs is 3. The molecule has 1 atom stereocenters. The van der Waals surface area contributed by atoms with Crippen molar-refractivity contribution >= 4 is 15.9 Å². The van der Waals surface area contributed by atoms with Crippen molar-refractivity contribution in [2.75, 3.05) is 32.0 Å². The Bertz CT molecular complexity index is 796. The van der Waals surface area contributed by atoms with Gasteiger partial charge in [0.05, 0.1) is 5.75 Å². The first-order valence-electron chi connectivity index (χ1n) is 11.5. The van der Waals surface area contributed by atoms with Gasteiger partial charge in [-0.1, -0.05) is 25.5 Å². The zero-order valence-electron chi connectivity index (χ0n) is 18.2. The van der Waals surface area contributed by atoms with Crippen LogP contribution in [0.15, 0.2) is 24.3 Å². The van der Waals surface area contributed by atoms with Gasteiger partial charge in [-0.25, -0.2) is 8.42 Å². The highest BCUT2D eigenvalue weighted by atomic mass is 32.2. The summed E-state index contributed by atoms with van der Waals surface area (Å²) in [7, 11) is -3.34. The van der Waals surface area contributed by atoms with Crippen LogP contribution in [-0.4, -0.2) is 61.6 Å². The van der Waals surface area contributed by atoms with Crippen molar-refractivity contribution < 1.29 is 17.9 Å². The van der Waals surface area contributed by atoms with Crippen LogP contribution < -0.4 is 4.74 Å². The lowest BCUT2D eigenvalue weighted by atomic mass is 9.95. The van der Waals surface area contributed by atoms with Crippen molar-refractivity contribution in [3.05, 3.63) is 29.8 Å². The summed E-state index contributed by atoms with van der Waals surface area (Å²) in [6.45, 7) is 3.82. The fraction of sp³-hybridized carbons (Fsp3) is 0.696. The normalized spacial score (nSPS) is 22.5. The largest absolute Gasteiger partial charge is 0.492 e. The van der Waals surface area contributed by atoms with Crippen molar-refractivity contribution in [1.82, 2.24) is 9.21 Å². The molecule has 2 bridgehead atoms. The Labute approximate surface area is 181 Å². The molecule has 0 radical (unpaired) electrons. The van der Waals surface area contributed by atoms with E-state index in [1.54, 1.807) is 0 Å². The highest BCUT2D eigenvalue weighted by molar-refractivity contribution is 7.89. The molecule has 7 heteroatoms. The summed E-state index contributed by atoms with van der Waals surface area (Å²) in [5.74, 6) is 1.11.